The van der Waals surface area contributed by atoms with E-state index >= 15 is 0 Å². The maximum atomic E-state index is 5.39. The molecule has 0 rings (SSSR count). The molecule has 0 aromatic carbocycles. The first-order valence-electron chi connectivity index (χ1n) is 2.04. The van der Waals surface area contributed by atoms with Gasteiger partial charge in [-0.2, -0.15) is 0 Å². The summed E-state index contributed by atoms with van der Waals surface area (Å²) >= 11 is 5.39. The molecule has 0 aromatic heterocycles. The van der Waals surface area contributed by atoms with Crippen LogP contribution in [0, 0.1) is 0 Å². The van der Waals surface area contributed by atoms with Crippen LogP contribution in [-0.2, 0) is 0 Å². The SMILES string of the molecule is CN[C@H](C)CCl.Cl. The lowest BCUT2D eigenvalue weighted by atomic mass is 10.4. The van der Waals surface area contributed by atoms with Crippen molar-refractivity contribution in [2.24, 2.45) is 0 Å². The first kappa shape index (κ1) is 10.5. The molecule has 0 amide bonds. The topological polar surface area (TPSA) is 12.0 Å². The van der Waals surface area contributed by atoms with Gasteiger partial charge in [-0.05, 0) is 14.0 Å². The Bertz CT molecular complexity index is 28.9. The van der Waals surface area contributed by atoms with Gasteiger partial charge in [0.2, 0.25) is 0 Å². The van der Waals surface area contributed by atoms with Crippen molar-refractivity contribution in [2.75, 3.05) is 12.9 Å². The van der Waals surface area contributed by atoms with E-state index in [0.29, 0.717) is 11.9 Å². The van der Waals surface area contributed by atoms with Gasteiger partial charge in [-0.15, -0.1) is 24.0 Å². The molecule has 0 saturated heterocycles. The van der Waals surface area contributed by atoms with Crippen molar-refractivity contribution in [3.63, 3.8) is 0 Å². The molecule has 3 heteroatoms. The van der Waals surface area contributed by atoms with Crippen LogP contribution in [0.3, 0.4) is 0 Å². The zero-order chi connectivity index (χ0) is 4.99. The first-order valence-corrected chi connectivity index (χ1v) is 2.58. The summed E-state index contributed by atoms with van der Waals surface area (Å²) in [6, 6.07) is 0.451. The third-order valence-electron chi connectivity index (χ3n) is 0.724. The maximum absolute atomic E-state index is 5.39. The minimum absolute atomic E-state index is 0. The van der Waals surface area contributed by atoms with Crippen LogP contribution in [0.1, 0.15) is 6.92 Å². The number of alkyl halides is 1. The number of hydrogen-bond acceptors (Lipinski definition) is 1. The Morgan fingerprint density at radius 3 is 2.14 bits per heavy atom. The molecule has 1 atom stereocenters. The second-order valence-electron chi connectivity index (χ2n) is 1.34. The van der Waals surface area contributed by atoms with Crippen LogP contribution < -0.4 is 5.32 Å². The second kappa shape index (κ2) is 6.54. The molecule has 0 aliphatic heterocycles. The van der Waals surface area contributed by atoms with Gasteiger partial charge in [0.05, 0.1) is 0 Å². The fraction of sp³-hybridized carbons (Fsp3) is 1.00. The van der Waals surface area contributed by atoms with Crippen LogP contribution in [0.5, 0.6) is 0 Å². The number of halogens is 2. The summed E-state index contributed by atoms with van der Waals surface area (Å²) in [5.74, 6) is 0.691. The number of nitrogens with one attached hydrogen (secondary N) is 1. The molecule has 0 saturated carbocycles. The molecule has 0 aliphatic rings. The minimum Gasteiger partial charge on any atom is -0.316 e. The second-order valence-corrected chi connectivity index (χ2v) is 1.65. The van der Waals surface area contributed by atoms with Crippen LogP contribution in [0.4, 0.5) is 0 Å². The van der Waals surface area contributed by atoms with Crippen molar-refractivity contribution < 1.29 is 0 Å². The Morgan fingerprint density at radius 2 is 2.14 bits per heavy atom. The fourth-order valence-electron chi connectivity index (χ4n) is 0.0772. The van der Waals surface area contributed by atoms with Crippen molar-refractivity contribution in [1.82, 2.24) is 5.32 Å². The third kappa shape index (κ3) is 6.54. The van der Waals surface area contributed by atoms with E-state index in [1.54, 1.807) is 0 Å². The Labute approximate surface area is 55.8 Å². The molecule has 0 aromatic rings. The van der Waals surface area contributed by atoms with Gasteiger partial charge in [-0.25, -0.2) is 0 Å². The smallest absolute Gasteiger partial charge is 0.0374 e. The van der Waals surface area contributed by atoms with Gasteiger partial charge in [0.15, 0.2) is 0 Å². The van der Waals surface area contributed by atoms with E-state index < -0.39 is 0 Å². The maximum Gasteiger partial charge on any atom is 0.0374 e. The minimum atomic E-state index is 0. The molecular formula is C4H11Cl2N. The standard InChI is InChI=1S/C4H10ClN.ClH/c1-4(3-5)6-2;/h4,6H,3H2,1-2H3;1H/t4-;/m1./s1. The van der Waals surface area contributed by atoms with Crippen LogP contribution in [0.15, 0.2) is 0 Å². The monoisotopic (exact) mass is 143 g/mol. The molecule has 0 unspecified atom stereocenters. The van der Waals surface area contributed by atoms with Crippen molar-refractivity contribution in [2.45, 2.75) is 13.0 Å². The average Bonchev–Trinajstić information content (AvgIpc) is 1.65. The van der Waals surface area contributed by atoms with E-state index in [-0.39, 0.29) is 12.4 Å². The van der Waals surface area contributed by atoms with Crippen molar-refractivity contribution in [3.05, 3.63) is 0 Å². The molecule has 0 radical (unpaired) electrons. The predicted octanol–water partition coefficient (Wildman–Crippen LogP) is 1.25. The van der Waals surface area contributed by atoms with E-state index in [4.69, 9.17) is 11.6 Å². The first-order chi connectivity index (χ1) is 2.81. The van der Waals surface area contributed by atoms with Gasteiger partial charge < -0.3 is 5.32 Å². The van der Waals surface area contributed by atoms with Gasteiger partial charge in [0, 0.05) is 11.9 Å². The van der Waals surface area contributed by atoms with Gasteiger partial charge in [0.25, 0.3) is 0 Å². The van der Waals surface area contributed by atoms with Crippen molar-refractivity contribution >= 4 is 24.0 Å². The van der Waals surface area contributed by atoms with Gasteiger partial charge in [0.1, 0.15) is 0 Å². The molecule has 0 bridgehead atoms. The lowest BCUT2D eigenvalue weighted by molar-refractivity contribution is 0.674. The van der Waals surface area contributed by atoms with Crippen LogP contribution in [0.25, 0.3) is 0 Å². The Hall–Kier alpha value is 0.540. The predicted molar refractivity (Wildman–Crippen MR) is 36.5 cm³/mol. The lowest BCUT2D eigenvalue weighted by Crippen LogP contribution is -2.22. The Balaban J connectivity index is 0. The molecule has 0 fully saturated rings. The van der Waals surface area contributed by atoms with E-state index in [2.05, 4.69) is 5.32 Å². The Morgan fingerprint density at radius 1 is 1.71 bits per heavy atom. The van der Waals surface area contributed by atoms with E-state index in [1.807, 2.05) is 14.0 Å². The third-order valence-corrected chi connectivity index (χ3v) is 1.19. The quantitative estimate of drug-likeness (QED) is 0.575. The summed E-state index contributed by atoms with van der Waals surface area (Å²) in [7, 11) is 1.90. The van der Waals surface area contributed by atoms with E-state index in [1.165, 1.54) is 0 Å². The molecule has 0 heterocycles. The molecule has 7 heavy (non-hydrogen) atoms. The van der Waals surface area contributed by atoms with Crippen molar-refractivity contribution in [1.29, 1.82) is 0 Å². The normalized spacial score (nSPS) is 12.4. The summed E-state index contributed by atoms with van der Waals surface area (Å²) in [4.78, 5) is 0. The number of rotatable bonds is 2. The van der Waals surface area contributed by atoms with Crippen LogP contribution in [0.2, 0.25) is 0 Å². The van der Waals surface area contributed by atoms with Crippen LogP contribution >= 0.6 is 24.0 Å². The fourth-order valence-corrected chi connectivity index (χ4v) is 0.231. The summed E-state index contributed by atoms with van der Waals surface area (Å²) in [5, 5.41) is 2.98. The van der Waals surface area contributed by atoms with Gasteiger partial charge >= 0.3 is 0 Å². The summed E-state index contributed by atoms with van der Waals surface area (Å²) < 4.78 is 0. The lowest BCUT2D eigenvalue weighted by Gasteiger charge is -2.00. The highest BCUT2D eigenvalue weighted by Gasteiger charge is 1.88. The molecular weight excluding hydrogens is 133 g/mol. The molecule has 1 N–H and O–H groups in total. The van der Waals surface area contributed by atoms with E-state index in [0.717, 1.165) is 0 Å². The highest BCUT2D eigenvalue weighted by atomic mass is 35.5. The molecule has 1 nitrogen and oxygen atoms in total. The highest BCUT2D eigenvalue weighted by molar-refractivity contribution is 6.18. The molecule has 46 valence electrons. The average molecular weight is 144 g/mol. The van der Waals surface area contributed by atoms with Crippen LogP contribution in [-0.4, -0.2) is 19.0 Å². The van der Waals surface area contributed by atoms with Crippen molar-refractivity contribution in [3.8, 4) is 0 Å². The summed E-state index contributed by atoms with van der Waals surface area (Å²) in [6.07, 6.45) is 0. The van der Waals surface area contributed by atoms with Gasteiger partial charge in [-0.3, -0.25) is 0 Å². The number of hydrogen-bond donors (Lipinski definition) is 1. The van der Waals surface area contributed by atoms with Gasteiger partial charge in [-0.1, -0.05) is 0 Å². The Kier molecular flexibility index (Phi) is 9.82. The van der Waals surface area contributed by atoms with E-state index in [9.17, 15) is 0 Å². The summed E-state index contributed by atoms with van der Waals surface area (Å²) in [6.45, 7) is 2.03. The highest BCUT2D eigenvalue weighted by Crippen LogP contribution is 1.80. The zero-order valence-electron chi connectivity index (χ0n) is 4.57. The zero-order valence-corrected chi connectivity index (χ0v) is 6.14. The molecule has 0 spiro atoms. The largest absolute Gasteiger partial charge is 0.316 e. The summed E-state index contributed by atoms with van der Waals surface area (Å²) in [5.41, 5.74) is 0. The molecule has 0 aliphatic carbocycles.